The topological polar surface area (TPSA) is 86.0 Å². The van der Waals surface area contributed by atoms with Gasteiger partial charge in [-0.1, -0.05) is 41.4 Å². The highest BCUT2D eigenvalue weighted by molar-refractivity contribution is 6.32. The summed E-state index contributed by atoms with van der Waals surface area (Å²) in [7, 11) is 0. The van der Waals surface area contributed by atoms with Gasteiger partial charge in [-0.3, -0.25) is 15.5 Å². The van der Waals surface area contributed by atoms with Crippen LogP contribution in [0.15, 0.2) is 59.7 Å². The Morgan fingerprint density at radius 1 is 1.09 bits per heavy atom. The van der Waals surface area contributed by atoms with Gasteiger partial charge in [-0.15, -0.1) is 0 Å². The van der Waals surface area contributed by atoms with Crippen LogP contribution >= 0.6 is 23.2 Å². The maximum Gasteiger partial charge on any atom is 0.416 e. The lowest BCUT2D eigenvalue weighted by Gasteiger charge is -2.15. The number of nitro benzene ring substituents is 1. The molecule has 0 fully saturated rings. The highest BCUT2D eigenvalue weighted by Gasteiger charge is 2.33. The zero-order chi connectivity index (χ0) is 25.6. The SMILES string of the molecule is CCOc1cc(/C=N\Nc2ccc(C(F)(F)F)cc2[N+](=O)[O-])cc(Cl)c1OCc1ccccc1Cl. The number of nitro groups is 1. The number of anilines is 1. The highest BCUT2D eigenvalue weighted by atomic mass is 35.5. The molecule has 0 aliphatic rings. The quantitative estimate of drug-likeness (QED) is 0.178. The van der Waals surface area contributed by atoms with Crippen molar-refractivity contribution in [3.05, 3.63) is 91.4 Å². The van der Waals surface area contributed by atoms with E-state index in [9.17, 15) is 23.3 Å². The lowest BCUT2D eigenvalue weighted by Crippen LogP contribution is -2.06. The molecule has 3 aromatic carbocycles. The van der Waals surface area contributed by atoms with Crippen molar-refractivity contribution in [3.8, 4) is 11.5 Å². The standard InChI is InChI=1S/C23H18Cl2F3N3O4/c1-2-34-21-10-14(9-18(25)22(21)35-13-15-5-3-4-6-17(15)24)12-29-30-19-8-7-16(23(26,27)28)11-20(19)31(32)33/h3-12,30H,2,13H2,1H3/b29-12-. The first-order valence-corrected chi connectivity index (χ1v) is 10.8. The van der Waals surface area contributed by atoms with Crippen molar-refractivity contribution < 1.29 is 27.6 Å². The minimum absolute atomic E-state index is 0.145. The summed E-state index contributed by atoms with van der Waals surface area (Å²) in [6.45, 7) is 2.24. The van der Waals surface area contributed by atoms with E-state index in [1.54, 1.807) is 25.1 Å². The molecule has 0 heterocycles. The Balaban J connectivity index is 1.81. The summed E-state index contributed by atoms with van der Waals surface area (Å²) in [6.07, 6.45) is -3.43. The van der Waals surface area contributed by atoms with E-state index in [2.05, 4.69) is 10.5 Å². The van der Waals surface area contributed by atoms with Crippen molar-refractivity contribution in [1.82, 2.24) is 0 Å². The van der Waals surface area contributed by atoms with Crippen molar-refractivity contribution in [2.45, 2.75) is 19.7 Å². The largest absolute Gasteiger partial charge is 0.490 e. The molecule has 0 aliphatic heterocycles. The van der Waals surface area contributed by atoms with Gasteiger partial charge in [0.1, 0.15) is 12.3 Å². The molecule has 35 heavy (non-hydrogen) atoms. The van der Waals surface area contributed by atoms with Crippen LogP contribution in [0.2, 0.25) is 10.0 Å². The highest BCUT2D eigenvalue weighted by Crippen LogP contribution is 2.38. The van der Waals surface area contributed by atoms with Crippen LogP contribution in [-0.2, 0) is 12.8 Å². The van der Waals surface area contributed by atoms with Gasteiger partial charge >= 0.3 is 6.18 Å². The molecule has 3 rings (SSSR count). The molecule has 0 atom stereocenters. The Morgan fingerprint density at radius 3 is 2.49 bits per heavy atom. The van der Waals surface area contributed by atoms with Crippen LogP contribution in [-0.4, -0.2) is 17.7 Å². The molecular formula is C23H18Cl2F3N3O4. The Bertz CT molecular complexity index is 1250. The second kappa shape index (κ2) is 11.3. The van der Waals surface area contributed by atoms with Crippen molar-refractivity contribution in [3.63, 3.8) is 0 Å². The summed E-state index contributed by atoms with van der Waals surface area (Å²) in [4.78, 5) is 10.3. The van der Waals surface area contributed by atoms with Gasteiger partial charge < -0.3 is 9.47 Å². The fraction of sp³-hybridized carbons (Fsp3) is 0.174. The molecule has 0 saturated heterocycles. The number of benzene rings is 3. The maximum atomic E-state index is 12.9. The van der Waals surface area contributed by atoms with Crippen LogP contribution in [0.1, 0.15) is 23.6 Å². The molecule has 0 amide bonds. The summed E-state index contributed by atoms with van der Waals surface area (Å²) in [5.74, 6) is 0.617. The van der Waals surface area contributed by atoms with Gasteiger partial charge in [0.05, 0.1) is 28.3 Å². The minimum atomic E-state index is -4.71. The average molecular weight is 528 g/mol. The summed E-state index contributed by atoms with van der Waals surface area (Å²) >= 11 is 12.5. The average Bonchev–Trinajstić information content (AvgIpc) is 2.79. The molecule has 3 aromatic rings. The summed E-state index contributed by atoms with van der Waals surface area (Å²) in [6, 6.07) is 12.4. The number of rotatable bonds is 9. The van der Waals surface area contributed by atoms with E-state index in [0.29, 0.717) is 29.0 Å². The molecule has 0 spiro atoms. The van der Waals surface area contributed by atoms with E-state index < -0.39 is 22.4 Å². The number of nitrogens with one attached hydrogen (secondary N) is 1. The Morgan fingerprint density at radius 2 is 1.83 bits per heavy atom. The van der Waals surface area contributed by atoms with Crippen LogP contribution in [0.3, 0.4) is 0 Å². The molecule has 0 bridgehead atoms. The number of ether oxygens (including phenoxy) is 2. The molecule has 7 nitrogen and oxygen atoms in total. The van der Waals surface area contributed by atoms with Crippen molar-refractivity contribution in [2.24, 2.45) is 5.10 Å². The van der Waals surface area contributed by atoms with Gasteiger partial charge in [0.2, 0.25) is 0 Å². The molecular weight excluding hydrogens is 510 g/mol. The fourth-order valence-electron chi connectivity index (χ4n) is 2.96. The predicted octanol–water partition coefficient (Wildman–Crippen LogP) is 7.34. The molecule has 0 saturated carbocycles. The number of hydrogen-bond acceptors (Lipinski definition) is 6. The van der Waals surface area contributed by atoms with E-state index in [1.165, 1.54) is 12.3 Å². The zero-order valence-corrected chi connectivity index (χ0v) is 19.6. The number of hydrogen-bond donors (Lipinski definition) is 1. The van der Waals surface area contributed by atoms with Gasteiger partial charge in [-0.05, 0) is 42.8 Å². The molecule has 0 radical (unpaired) electrons. The van der Waals surface area contributed by atoms with E-state index in [-0.39, 0.29) is 23.1 Å². The molecule has 1 N–H and O–H groups in total. The second-order valence-corrected chi connectivity index (χ2v) is 7.81. The first kappa shape index (κ1) is 26.1. The molecule has 0 unspecified atom stereocenters. The minimum Gasteiger partial charge on any atom is -0.490 e. The van der Waals surface area contributed by atoms with Gasteiger partial charge in [-0.2, -0.15) is 18.3 Å². The third kappa shape index (κ3) is 6.77. The third-order valence-electron chi connectivity index (χ3n) is 4.58. The van der Waals surface area contributed by atoms with Gasteiger partial charge in [0.15, 0.2) is 11.5 Å². The fourth-order valence-corrected chi connectivity index (χ4v) is 3.42. The van der Waals surface area contributed by atoms with Crippen LogP contribution in [0.4, 0.5) is 24.5 Å². The molecule has 184 valence electrons. The third-order valence-corrected chi connectivity index (χ3v) is 5.23. The normalized spacial score (nSPS) is 11.5. The number of nitrogens with zero attached hydrogens (tertiary/aromatic N) is 2. The summed E-state index contributed by atoms with van der Waals surface area (Å²) in [5.41, 5.74) is 1.47. The first-order chi connectivity index (χ1) is 16.6. The lowest BCUT2D eigenvalue weighted by atomic mass is 10.1. The number of hydrazone groups is 1. The predicted molar refractivity (Wildman–Crippen MR) is 128 cm³/mol. The van der Waals surface area contributed by atoms with Gasteiger partial charge in [-0.25, -0.2) is 0 Å². The van der Waals surface area contributed by atoms with Crippen LogP contribution in [0.5, 0.6) is 11.5 Å². The molecule has 12 heteroatoms. The monoisotopic (exact) mass is 527 g/mol. The summed E-state index contributed by atoms with van der Waals surface area (Å²) < 4.78 is 50.0. The second-order valence-electron chi connectivity index (χ2n) is 7.00. The number of halogens is 5. The first-order valence-electron chi connectivity index (χ1n) is 10.1. The van der Waals surface area contributed by atoms with Crippen molar-refractivity contribution in [1.29, 1.82) is 0 Å². The van der Waals surface area contributed by atoms with Crippen LogP contribution in [0.25, 0.3) is 0 Å². The van der Waals surface area contributed by atoms with Crippen molar-refractivity contribution >= 4 is 40.8 Å². The Kier molecular flexibility index (Phi) is 8.42. The van der Waals surface area contributed by atoms with E-state index >= 15 is 0 Å². The zero-order valence-electron chi connectivity index (χ0n) is 18.1. The Labute approximate surface area is 208 Å². The summed E-state index contributed by atoms with van der Waals surface area (Å²) in [5, 5.41) is 15.8. The van der Waals surface area contributed by atoms with E-state index in [1.807, 2.05) is 12.1 Å². The molecule has 0 aromatic heterocycles. The number of alkyl halides is 3. The van der Waals surface area contributed by atoms with Gasteiger partial charge in [0.25, 0.3) is 5.69 Å². The lowest BCUT2D eigenvalue weighted by molar-refractivity contribution is -0.384. The van der Waals surface area contributed by atoms with E-state index in [0.717, 1.165) is 17.7 Å². The van der Waals surface area contributed by atoms with Gasteiger partial charge in [0, 0.05) is 16.7 Å². The Hall–Kier alpha value is -3.50. The van der Waals surface area contributed by atoms with Crippen LogP contribution in [0, 0.1) is 10.1 Å². The van der Waals surface area contributed by atoms with Crippen molar-refractivity contribution in [2.75, 3.05) is 12.0 Å². The van der Waals surface area contributed by atoms with E-state index in [4.69, 9.17) is 32.7 Å². The maximum absolute atomic E-state index is 12.9. The smallest absolute Gasteiger partial charge is 0.416 e. The molecule has 0 aliphatic carbocycles. The van der Waals surface area contributed by atoms with Crippen LogP contribution < -0.4 is 14.9 Å².